The Kier molecular flexibility index (Phi) is 7.58. The largest absolute Gasteiger partial charge is 0.354 e. The second-order valence-corrected chi connectivity index (χ2v) is 12.0. The first-order chi connectivity index (χ1) is 15.4. The molecule has 0 radical (unpaired) electrons. The highest BCUT2D eigenvalue weighted by atomic mass is 32.2. The zero-order chi connectivity index (χ0) is 22.6. The van der Waals surface area contributed by atoms with Crippen LogP contribution in [-0.4, -0.2) is 61.8 Å². The Bertz CT molecular complexity index is 864. The Labute approximate surface area is 193 Å². The van der Waals surface area contributed by atoms with E-state index >= 15 is 0 Å². The van der Waals surface area contributed by atoms with Crippen LogP contribution in [0.2, 0.25) is 0 Å². The SMILES string of the molecule is Cc1ccc(S(=O)(=O)N2CCC(C(=O)NCC3(N4CCCCC4)CCCCC3)CC2)cc1. The van der Waals surface area contributed by atoms with Crippen molar-refractivity contribution in [1.29, 1.82) is 0 Å². The topological polar surface area (TPSA) is 69.7 Å². The van der Waals surface area contributed by atoms with Crippen LogP contribution in [0.4, 0.5) is 0 Å². The van der Waals surface area contributed by atoms with Gasteiger partial charge in [-0.2, -0.15) is 4.31 Å². The number of nitrogens with zero attached hydrogens (tertiary/aromatic N) is 2. The van der Waals surface area contributed by atoms with Crippen molar-refractivity contribution in [3.8, 4) is 0 Å². The van der Waals surface area contributed by atoms with Crippen LogP contribution in [0.1, 0.15) is 69.8 Å². The third kappa shape index (κ3) is 5.20. The van der Waals surface area contributed by atoms with Crippen LogP contribution in [0.15, 0.2) is 29.2 Å². The van der Waals surface area contributed by atoms with Gasteiger partial charge in [0.25, 0.3) is 0 Å². The molecule has 1 aliphatic carbocycles. The van der Waals surface area contributed by atoms with Gasteiger partial charge in [0.15, 0.2) is 0 Å². The smallest absolute Gasteiger partial charge is 0.243 e. The van der Waals surface area contributed by atoms with Crippen LogP contribution < -0.4 is 5.32 Å². The number of rotatable bonds is 6. The van der Waals surface area contributed by atoms with E-state index in [2.05, 4.69) is 10.2 Å². The molecule has 1 aromatic carbocycles. The fraction of sp³-hybridized carbons (Fsp3) is 0.720. The van der Waals surface area contributed by atoms with E-state index in [4.69, 9.17) is 0 Å². The molecule has 0 spiro atoms. The number of hydrogen-bond donors (Lipinski definition) is 1. The number of carbonyl (C=O) groups is 1. The molecule has 0 unspecified atom stereocenters. The predicted molar refractivity (Wildman–Crippen MR) is 127 cm³/mol. The first-order valence-corrected chi connectivity index (χ1v) is 13.9. The summed E-state index contributed by atoms with van der Waals surface area (Å²) in [5.74, 6) is 0.0146. The van der Waals surface area contributed by atoms with Gasteiger partial charge in [0, 0.05) is 31.1 Å². The Balaban J connectivity index is 1.32. The molecule has 1 amide bonds. The van der Waals surface area contributed by atoms with E-state index in [1.54, 1.807) is 12.1 Å². The minimum atomic E-state index is -3.49. The maximum Gasteiger partial charge on any atom is 0.243 e. The summed E-state index contributed by atoms with van der Waals surface area (Å²) in [6.07, 6.45) is 11.2. The summed E-state index contributed by atoms with van der Waals surface area (Å²) in [7, 11) is -3.49. The van der Waals surface area contributed by atoms with Gasteiger partial charge in [0.05, 0.1) is 4.90 Å². The molecule has 3 aliphatic rings. The number of benzene rings is 1. The van der Waals surface area contributed by atoms with Crippen LogP contribution in [0.5, 0.6) is 0 Å². The molecule has 178 valence electrons. The average Bonchev–Trinajstić information content (AvgIpc) is 2.84. The molecule has 1 saturated carbocycles. The summed E-state index contributed by atoms with van der Waals surface area (Å²) in [5.41, 5.74) is 1.17. The minimum absolute atomic E-state index is 0.0959. The monoisotopic (exact) mass is 461 g/mol. The van der Waals surface area contributed by atoms with Crippen molar-refractivity contribution >= 4 is 15.9 Å². The molecule has 7 heteroatoms. The molecule has 6 nitrogen and oxygen atoms in total. The van der Waals surface area contributed by atoms with E-state index < -0.39 is 10.0 Å². The van der Waals surface area contributed by atoms with Crippen LogP contribution in [-0.2, 0) is 14.8 Å². The van der Waals surface area contributed by atoms with Crippen LogP contribution in [0.3, 0.4) is 0 Å². The van der Waals surface area contributed by atoms with Crippen molar-refractivity contribution in [3.63, 3.8) is 0 Å². The number of nitrogens with one attached hydrogen (secondary N) is 1. The summed E-state index contributed by atoms with van der Waals surface area (Å²) in [5, 5.41) is 3.30. The summed E-state index contributed by atoms with van der Waals surface area (Å²) in [4.78, 5) is 16.0. The molecule has 1 aromatic rings. The number of aryl methyl sites for hydroxylation is 1. The zero-order valence-electron chi connectivity index (χ0n) is 19.5. The van der Waals surface area contributed by atoms with E-state index in [-0.39, 0.29) is 17.4 Å². The number of sulfonamides is 1. The number of likely N-dealkylation sites (tertiary alicyclic amines) is 1. The Hall–Kier alpha value is -1.44. The predicted octanol–water partition coefficient (Wildman–Crippen LogP) is 3.70. The van der Waals surface area contributed by atoms with Crippen molar-refractivity contribution in [2.24, 2.45) is 5.92 Å². The van der Waals surface area contributed by atoms with E-state index in [0.717, 1.165) is 25.2 Å². The summed E-state index contributed by atoms with van der Waals surface area (Å²) < 4.78 is 27.4. The lowest BCUT2D eigenvalue weighted by molar-refractivity contribution is -0.127. The van der Waals surface area contributed by atoms with Crippen LogP contribution in [0, 0.1) is 12.8 Å². The lowest BCUT2D eigenvalue weighted by Crippen LogP contribution is -2.58. The van der Waals surface area contributed by atoms with Gasteiger partial charge in [-0.05, 0) is 70.7 Å². The fourth-order valence-corrected chi connectivity index (χ4v) is 7.27. The summed E-state index contributed by atoms with van der Waals surface area (Å²) in [6.45, 7) is 5.82. The van der Waals surface area contributed by atoms with Gasteiger partial charge in [0.2, 0.25) is 15.9 Å². The number of amides is 1. The number of carbonyl (C=O) groups excluding carboxylic acids is 1. The molecule has 0 atom stereocenters. The molecule has 0 bridgehead atoms. The van der Waals surface area contributed by atoms with Crippen molar-refractivity contribution in [3.05, 3.63) is 29.8 Å². The standard InChI is InChI=1S/C25H39N3O3S/c1-21-8-10-23(11-9-21)32(30,31)28-18-12-22(13-19-28)24(29)26-20-25(14-4-2-5-15-25)27-16-6-3-7-17-27/h8-11,22H,2-7,12-20H2,1H3,(H,26,29). The Morgan fingerprint density at radius 1 is 0.938 bits per heavy atom. The molecule has 1 N–H and O–H groups in total. The molecule has 2 heterocycles. The molecular weight excluding hydrogens is 422 g/mol. The van der Waals surface area contributed by atoms with Gasteiger partial charge < -0.3 is 5.32 Å². The highest BCUT2D eigenvalue weighted by Gasteiger charge is 2.39. The second-order valence-electron chi connectivity index (χ2n) is 10.0. The minimum Gasteiger partial charge on any atom is -0.354 e. The second kappa shape index (κ2) is 10.2. The maximum atomic E-state index is 13.0. The summed E-state index contributed by atoms with van der Waals surface area (Å²) in [6, 6.07) is 7.01. The first kappa shape index (κ1) is 23.7. The third-order valence-corrected chi connectivity index (χ3v) is 9.80. The quantitative estimate of drug-likeness (QED) is 0.701. The lowest BCUT2D eigenvalue weighted by Gasteiger charge is -2.48. The van der Waals surface area contributed by atoms with Gasteiger partial charge in [-0.15, -0.1) is 0 Å². The Morgan fingerprint density at radius 2 is 1.53 bits per heavy atom. The van der Waals surface area contributed by atoms with E-state index in [9.17, 15) is 13.2 Å². The molecule has 2 aliphatic heterocycles. The first-order valence-electron chi connectivity index (χ1n) is 12.5. The van der Waals surface area contributed by atoms with Crippen LogP contribution >= 0.6 is 0 Å². The van der Waals surface area contributed by atoms with Crippen molar-refractivity contribution in [1.82, 2.24) is 14.5 Å². The molecule has 4 rings (SSSR count). The van der Waals surface area contributed by atoms with Gasteiger partial charge >= 0.3 is 0 Å². The van der Waals surface area contributed by atoms with Crippen molar-refractivity contribution in [2.75, 3.05) is 32.7 Å². The molecule has 0 aromatic heterocycles. The van der Waals surface area contributed by atoms with E-state index in [0.29, 0.717) is 30.8 Å². The van der Waals surface area contributed by atoms with Crippen LogP contribution in [0.25, 0.3) is 0 Å². The number of hydrogen-bond acceptors (Lipinski definition) is 4. The van der Waals surface area contributed by atoms with Crippen molar-refractivity contribution < 1.29 is 13.2 Å². The zero-order valence-corrected chi connectivity index (χ0v) is 20.3. The summed E-state index contributed by atoms with van der Waals surface area (Å²) >= 11 is 0. The van der Waals surface area contributed by atoms with Gasteiger partial charge in [0.1, 0.15) is 0 Å². The van der Waals surface area contributed by atoms with Gasteiger partial charge in [-0.1, -0.05) is 43.4 Å². The average molecular weight is 462 g/mol. The molecule has 3 fully saturated rings. The molecule has 2 saturated heterocycles. The highest BCUT2D eigenvalue weighted by Crippen LogP contribution is 2.35. The fourth-order valence-electron chi connectivity index (χ4n) is 5.80. The van der Waals surface area contributed by atoms with Gasteiger partial charge in [-0.25, -0.2) is 8.42 Å². The number of piperidine rings is 2. The third-order valence-electron chi connectivity index (χ3n) is 7.89. The van der Waals surface area contributed by atoms with E-state index in [1.165, 1.54) is 55.7 Å². The molecule has 32 heavy (non-hydrogen) atoms. The normalized spacial score (nSPS) is 23.7. The van der Waals surface area contributed by atoms with E-state index in [1.807, 2.05) is 19.1 Å². The van der Waals surface area contributed by atoms with Crippen molar-refractivity contribution in [2.45, 2.75) is 81.6 Å². The lowest BCUT2D eigenvalue weighted by atomic mass is 9.79. The Morgan fingerprint density at radius 3 is 2.16 bits per heavy atom. The maximum absolute atomic E-state index is 13.0. The van der Waals surface area contributed by atoms with Gasteiger partial charge in [-0.3, -0.25) is 9.69 Å². The molecular formula is C25H39N3O3S. The highest BCUT2D eigenvalue weighted by molar-refractivity contribution is 7.89.